The number of aryl methyl sites for hydroxylation is 1. The molecular formula is C25H21N3OS. The second-order valence-corrected chi connectivity index (χ2v) is 8.54. The van der Waals surface area contributed by atoms with Gasteiger partial charge in [0.1, 0.15) is 0 Å². The third kappa shape index (κ3) is 3.37. The van der Waals surface area contributed by atoms with Crippen LogP contribution in [0.15, 0.2) is 79.0 Å². The van der Waals surface area contributed by atoms with Gasteiger partial charge in [-0.2, -0.15) is 0 Å². The second kappa shape index (κ2) is 7.43. The van der Waals surface area contributed by atoms with Crippen molar-refractivity contribution < 1.29 is 4.79 Å². The number of hydrogen-bond acceptors (Lipinski definition) is 3. The highest BCUT2D eigenvalue weighted by molar-refractivity contribution is 7.23. The van der Waals surface area contributed by atoms with E-state index in [0.29, 0.717) is 5.56 Å². The molecule has 5 heteroatoms. The molecule has 0 aliphatic heterocycles. The van der Waals surface area contributed by atoms with Gasteiger partial charge in [0.15, 0.2) is 4.96 Å². The van der Waals surface area contributed by atoms with Crippen molar-refractivity contribution in [3.8, 4) is 11.3 Å². The summed E-state index contributed by atoms with van der Waals surface area (Å²) >= 11 is 1.60. The van der Waals surface area contributed by atoms with Gasteiger partial charge in [0.2, 0.25) is 0 Å². The van der Waals surface area contributed by atoms with Crippen molar-refractivity contribution in [3.05, 3.63) is 95.7 Å². The molecule has 2 heterocycles. The van der Waals surface area contributed by atoms with Gasteiger partial charge in [0, 0.05) is 17.3 Å². The molecule has 148 valence electrons. The van der Waals surface area contributed by atoms with Gasteiger partial charge in [-0.05, 0) is 37.6 Å². The summed E-state index contributed by atoms with van der Waals surface area (Å²) in [5.41, 5.74) is 6.11. The van der Waals surface area contributed by atoms with Gasteiger partial charge in [-0.25, -0.2) is 4.98 Å². The molecule has 5 rings (SSSR count). The van der Waals surface area contributed by atoms with Gasteiger partial charge in [-0.3, -0.25) is 9.20 Å². The van der Waals surface area contributed by atoms with Crippen LogP contribution in [0.4, 0.5) is 0 Å². The van der Waals surface area contributed by atoms with Crippen LogP contribution < -0.4 is 5.32 Å². The first-order valence-corrected chi connectivity index (χ1v) is 10.7. The molecule has 0 aliphatic carbocycles. The van der Waals surface area contributed by atoms with Crippen LogP contribution in [0.2, 0.25) is 0 Å². The number of hydrogen-bond donors (Lipinski definition) is 1. The topological polar surface area (TPSA) is 46.4 Å². The number of imidazole rings is 1. The maximum Gasteiger partial charge on any atom is 0.251 e. The Morgan fingerprint density at radius 1 is 1.03 bits per heavy atom. The van der Waals surface area contributed by atoms with E-state index in [1.54, 1.807) is 11.3 Å². The molecule has 1 N–H and O–H groups in total. The van der Waals surface area contributed by atoms with Crippen LogP contribution in [0.25, 0.3) is 26.4 Å². The Labute approximate surface area is 178 Å². The van der Waals surface area contributed by atoms with E-state index in [-0.39, 0.29) is 11.9 Å². The maximum atomic E-state index is 12.8. The molecule has 0 radical (unpaired) electrons. The Bertz CT molecular complexity index is 1350. The number of aromatic nitrogens is 2. The van der Waals surface area contributed by atoms with Crippen molar-refractivity contribution in [2.75, 3.05) is 0 Å². The summed E-state index contributed by atoms with van der Waals surface area (Å²) in [5, 5.41) is 3.08. The standard InChI is InChI=1S/C25H21N3OS/c1-16-8-10-19(11-9-16)21-15-28-22-13-12-20(14-23(22)30-25(28)27-21)24(29)26-17(2)18-6-4-3-5-7-18/h3-15,17H,1-2H3,(H,26,29)/t17-/m0/s1. The number of nitrogens with one attached hydrogen (secondary N) is 1. The van der Waals surface area contributed by atoms with Crippen LogP contribution in [0.3, 0.4) is 0 Å². The lowest BCUT2D eigenvalue weighted by molar-refractivity contribution is 0.0940. The predicted octanol–water partition coefficient (Wildman–Crippen LogP) is 6.02. The Balaban J connectivity index is 1.43. The number of amides is 1. The van der Waals surface area contributed by atoms with Gasteiger partial charge in [-0.1, -0.05) is 71.5 Å². The van der Waals surface area contributed by atoms with E-state index in [1.807, 2.05) is 55.5 Å². The molecule has 30 heavy (non-hydrogen) atoms. The molecule has 0 aliphatic rings. The van der Waals surface area contributed by atoms with E-state index >= 15 is 0 Å². The fourth-order valence-corrected chi connectivity index (χ4v) is 4.66. The van der Waals surface area contributed by atoms with Gasteiger partial charge in [0.05, 0.1) is 22.0 Å². The number of nitrogens with zero attached hydrogens (tertiary/aromatic N) is 2. The van der Waals surface area contributed by atoms with Crippen LogP contribution in [-0.2, 0) is 0 Å². The minimum absolute atomic E-state index is 0.0490. The third-order valence-corrected chi connectivity index (χ3v) is 6.37. The summed E-state index contributed by atoms with van der Waals surface area (Å²) < 4.78 is 3.15. The van der Waals surface area contributed by atoms with E-state index in [4.69, 9.17) is 4.98 Å². The largest absolute Gasteiger partial charge is 0.346 e. The van der Waals surface area contributed by atoms with E-state index in [9.17, 15) is 4.79 Å². The maximum absolute atomic E-state index is 12.8. The highest BCUT2D eigenvalue weighted by Gasteiger charge is 2.15. The molecular weight excluding hydrogens is 390 g/mol. The quantitative estimate of drug-likeness (QED) is 0.393. The monoisotopic (exact) mass is 411 g/mol. The van der Waals surface area contributed by atoms with Crippen molar-refractivity contribution in [1.29, 1.82) is 0 Å². The molecule has 1 atom stereocenters. The molecule has 1 amide bonds. The molecule has 0 saturated heterocycles. The van der Waals surface area contributed by atoms with Crippen LogP contribution >= 0.6 is 11.3 Å². The summed E-state index contributed by atoms with van der Waals surface area (Å²) in [7, 11) is 0. The van der Waals surface area contributed by atoms with E-state index in [2.05, 4.69) is 47.1 Å². The Morgan fingerprint density at radius 3 is 2.57 bits per heavy atom. The first-order chi connectivity index (χ1) is 14.6. The summed E-state index contributed by atoms with van der Waals surface area (Å²) in [4.78, 5) is 18.5. The number of fused-ring (bicyclic) bond motifs is 3. The van der Waals surface area contributed by atoms with Gasteiger partial charge < -0.3 is 5.32 Å². The number of benzene rings is 3. The average molecular weight is 412 g/mol. The van der Waals surface area contributed by atoms with Crippen molar-refractivity contribution in [1.82, 2.24) is 14.7 Å². The van der Waals surface area contributed by atoms with E-state index < -0.39 is 0 Å². The van der Waals surface area contributed by atoms with Gasteiger partial charge in [-0.15, -0.1) is 0 Å². The number of thiazole rings is 1. The normalized spacial score (nSPS) is 12.3. The first-order valence-electron chi connectivity index (χ1n) is 9.93. The smallest absolute Gasteiger partial charge is 0.251 e. The lowest BCUT2D eigenvalue weighted by atomic mass is 10.1. The highest BCUT2D eigenvalue weighted by atomic mass is 32.1. The highest BCUT2D eigenvalue weighted by Crippen LogP contribution is 2.30. The Kier molecular flexibility index (Phi) is 4.60. The zero-order chi connectivity index (χ0) is 20.7. The van der Waals surface area contributed by atoms with Crippen LogP contribution in [0, 0.1) is 6.92 Å². The second-order valence-electron chi connectivity index (χ2n) is 7.54. The summed E-state index contributed by atoms with van der Waals surface area (Å²) in [6, 6.07) is 24.2. The van der Waals surface area contributed by atoms with Gasteiger partial charge in [0.25, 0.3) is 5.91 Å². The first kappa shape index (κ1) is 18.6. The van der Waals surface area contributed by atoms with Crippen molar-refractivity contribution in [2.24, 2.45) is 0 Å². The van der Waals surface area contributed by atoms with Crippen molar-refractivity contribution in [2.45, 2.75) is 19.9 Å². The Morgan fingerprint density at radius 2 is 1.80 bits per heavy atom. The van der Waals surface area contributed by atoms with Gasteiger partial charge >= 0.3 is 0 Å². The zero-order valence-electron chi connectivity index (χ0n) is 16.8. The van der Waals surface area contributed by atoms with E-state index in [0.717, 1.165) is 32.0 Å². The lowest BCUT2D eigenvalue weighted by Gasteiger charge is -2.14. The molecule has 2 aromatic heterocycles. The number of carbonyl (C=O) groups excluding carboxylic acids is 1. The molecule has 5 aromatic rings. The Hall–Kier alpha value is -3.44. The average Bonchev–Trinajstić information content (AvgIpc) is 3.32. The van der Waals surface area contributed by atoms with E-state index in [1.165, 1.54) is 5.56 Å². The molecule has 0 saturated carbocycles. The fraction of sp³-hybridized carbons (Fsp3) is 0.120. The summed E-state index contributed by atoms with van der Waals surface area (Å²) in [6.45, 7) is 4.08. The zero-order valence-corrected chi connectivity index (χ0v) is 17.6. The predicted molar refractivity (Wildman–Crippen MR) is 123 cm³/mol. The van der Waals surface area contributed by atoms with Crippen molar-refractivity contribution in [3.63, 3.8) is 0 Å². The van der Waals surface area contributed by atoms with Crippen LogP contribution in [0.5, 0.6) is 0 Å². The molecule has 0 spiro atoms. The number of carbonyl (C=O) groups is 1. The van der Waals surface area contributed by atoms with Crippen LogP contribution in [-0.4, -0.2) is 15.3 Å². The fourth-order valence-electron chi connectivity index (χ4n) is 3.61. The van der Waals surface area contributed by atoms with Crippen molar-refractivity contribution >= 4 is 32.4 Å². The molecule has 0 bridgehead atoms. The third-order valence-electron chi connectivity index (χ3n) is 5.35. The summed E-state index contributed by atoms with van der Waals surface area (Å²) in [6.07, 6.45) is 2.07. The molecule has 3 aromatic carbocycles. The van der Waals surface area contributed by atoms with Crippen LogP contribution in [0.1, 0.15) is 34.5 Å². The minimum Gasteiger partial charge on any atom is -0.346 e. The lowest BCUT2D eigenvalue weighted by Crippen LogP contribution is -2.26. The molecule has 0 fully saturated rings. The summed E-state index contributed by atoms with van der Waals surface area (Å²) in [5.74, 6) is -0.0698. The molecule has 4 nitrogen and oxygen atoms in total. The minimum atomic E-state index is -0.0698. The SMILES string of the molecule is Cc1ccc(-c2cn3c(n2)sc2cc(C(=O)N[C@@H](C)c4ccccc4)ccc23)cc1. The molecule has 0 unspecified atom stereocenters. The number of rotatable bonds is 4.